The number of carboxylic acids is 2. The van der Waals surface area contributed by atoms with Gasteiger partial charge in [-0.2, -0.15) is 5.01 Å². The molecule has 0 aromatic rings. The second kappa shape index (κ2) is 32.6. The molecule has 0 aromatic carbocycles. The topological polar surface area (TPSA) is 196 Å². The largest absolute Gasteiger partial charge is 1.00 e. The second-order valence-corrected chi connectivity index (χ2v) is 12.8. The van der Waals surface area contributed by atoms with E-state index in [1.807, 2.05) is 0 Å². The number of hydrogen-bond donors (Lipinski definition) is 5. The van der Waals surface area contributed by atoms with Crippen LogP contribution in [-0.2, 0) is 24.0 Å². The van der Waals surface area contributed by atoms with Gasteiger partial charge in [0.05, 0.1) is 0 Å². The maximum atomic E-state index is 13.7. The monoisotopic (exact) mass is 694 g/mol. The van der Waals surface area contributed by atoms with Crippen molar-refractivity contribution < 1.29 is 65.2 Å². The molecular formula is C35H68N5NaO7. The number of carbonyl (C=O) groups excluding carboxylic acids is 3. The third kappa shape index (κ3) is 24.5. The molecule has 12 nitrogen and oxygen atoms in total. The predicted octanol–water partition coefficient (Wildman–Crippen LogP) is 3.32. The van der Waals surface area contributed by atoms with E-state index < -0.39 is 41.7 Å². The smallest absolute Gasteiger partial charge is 1.00 e. The minimum Gasteiger partial charge on any atom is -1.00 e. The van der Waals surface area contributed by atoms with Crippen molar-refractivity contribution >= 4 is 29.7 Å². The van der Waals surface area contributed by atoms with Crippen molar-refractivity contribution in [2.45, 2.75) is 186 Å². The summed E-state index contributed by atoms with van der Waals surface area (Å²) < 4.78 is 0. The van der Waals surface area contributed by atoms with Crippen LogP contribution in [0.15, 0.2) is 0 Å². The molecule has 3 amide bonds. The average Bonchev–Trinajstić information content (AvgIpc) is 3.02. The number of imide groups is 1. The summed E-state index contributed by atoms with van der Waals surface area (Å²) in [6.45, 7) is 4.71. The van der Waals surface area contributed by atoms with Gasteiger partial charge in [-0.3, -0.25) is 24.0 Å². The molecule has 0 unspecified atom stereocenters. The number of hydrazine groups is 2. The number of unbranched alkanes of at least 4 members (excludes halogenated alkanes) is 17. The molecule has 276 valence electrons. The van der Waals surface area contributed by atoms with Gasteiger partial charge in [0, 0.05) is 19.3 Å². The second-order valence-electron chi connectivity index (χ2n) is 12.8. The van der Waals surface area contributed by atoms with Crippen LogP contribution >= 0.6 is 0 Å². The summed E-state index contributed by atoms with van der Waals surface area (Å²) in [7, 11) is 0. The van der Waals surface area contributed by atoms with E-state index in [0.717, 1.165) is 61.5 Å². The minimum atomic E-state index is -1.59. The van der Waals surface area contributed by atoms with Gasteiger partial charge in [0.2, 0.25) is 17.7 Å². The molecule has 48 heavy (non-hydrogen) atoms. The number of carboxylic acid groups (broad SMARTS) is 2. The van der Waals surface area contributed by atoms with Crippen LogP contribution in [0.5, 0.6) is 0 Å². The van der Waals surface area contributed by atoms with Crippen molar-refractivity contribution in [1.29, 1.82) is 0 Å². The van der Waals surface area contributed by atoms with Gasteiger partial charge in [-0.05, 0) is 45.1 Å². The van der Waals surface area contributed by atoms with Crippen LogP contribution in [0.25, 0.3) is 0 Å². The third-order valence-corrected chi connectivity index (χ3v) is 8.45. The van der Waals surface area contributed by atoms with Gasteiger partial charge in [0.1, 0.15) is 12.1 Å². The van der Waals surface area contributed by atoms with E-state index in [1.165, 1.54) is 51.4 Å². The quantitative estimate of drug-likeness (QED) is 0.0386. The number of amides is 3. The molecule has 0 saturated heterocycles. The van der Waals surface area contributed by atoms with Crippen molar-refractivity contribution in [3.8, 4) is 0 Å². The molecule has 13 heteroatoms. The Hall–Kier alpha value is -1.57. The Labute approximate surface area is 313 Å². The Balaban J connectivity index is -0.0000106. The molecule has 0 rings (SSSR count). The molecule has 2 atom stereocenters. The van der Waals surface area contributed by atoms with E-state index in [1.54, 1.807) is 0 Å². The molecule has 0 fully saturated rings. The number of aliphatic carboxylic acids is 2. The average molecular weight is 694 g/mol. The van der Waals surface area contributed by atoms with Gasteiger partial charge in [-0.1, -0.05) is 117 Å². The Morgan fingerprint density at radius 2 is 1.02 bits per heavy atom. The summed E-state index contributed by atoms with van der Waals surface area (Å²) in [5.74, 6) is -4.62. The van der Waals surface area contributed by atoms with Crippen LogP contribution in [0.2, 0.25) is 0 Å². The van der Waals surface area contributed by atoms with E-state index in [-0.39, 0.29) is 63.1 Å². The van der Waals surface area contributed by atoms with Gasteiger partial charge < -0.3 is 23.1 Å². The van der Waals surface area contributed by atoms with Crippen LogP contribution < -0.4 is 46.5 Å². The molecule has 0 spiro atoms. The minimum absolute atomic E-state index is 0. The third-order valence-electron chi connectivity index (χ3n) is 8.45. The fraction of sp³-hybridized carbons (Fsp3) is 0.857. The number of nitrogens with one attached hydrogen (secondary N) is 1. The van der Waals surface area contributed by atoms with Crippen molar-refractivity contribution in [1.82, 2.24) is 15.6 Å². The fourth-order valence-electron chi connectivity index (χ4n) is 5.58. The zero-order chi connectivity index (χ0) is 35.3. The first-order chi connectivity index (χ1) is 22.6. The van der Waals surface area contributed by atoms with Crippen molar-refractivity contribution in [3.05, 3.63) is 0 Å². The maximum absolute atomic E-state index is 13.7. The van der Waals surface area contributed by atoms with E-state index in [0.29, 0.717) is 32.2 Å². The van der Waals surface area contributed by atoms with Gasteiger partial charge in [-0.25, -0.2) is 5.43 Å². The Bertz CT molecular complexity index is 853. The zero-order valence-corrected chi connectivity index (χ0v) is 32.5. The predicted molar refractivity (Wildman–Crippen MR) is 186 cm³/mol. The van der Waals surface area contributed by atoms with Crippen LogP contribution in [0.4, 0.5) is 0 Å². The van der Waals surface area contributed by atoms with Crippen LogP contribution in [0.1, 0.15) is 176 Å². The van der Waals surface area contributed by atoms with Gasteiger partial charge >= 0.3 is 41.5 Å². The maximum Gasteiger partial charge on any atom is 1.00 e. The van der Waals surface area contributed by atoms with Gasteiger partial charge in [0.15, 0.2) is 0 Å². The molecule has 7 N–H and O–H groups in total. The Morgan fingerprint density at radius 3 is 1.38 bits per heavy atom. The van der Waals surface area contributed by atoms with E-state index >= 15 is 0 Å². The van der Waals surface area contributed by atoms with Gasteiger partial charge in [-0.15, -0.1) is 5.12 Å². The summed E-state index contributed by atoms with van der Waals surface area (Å²) in [5.41, 5.74) is 13.6. The van der Waals surface area contributed by atoms with E-state index in [9.17, 15) is 34.2 Å². The van der Waals surface area contributed by atoms with E-state index in [2.05, 4.69) is 19.3 Å². The number of hydrogen-bond acceptors (Lipinski definition) is 8. The van der Waals surface area contributed by atoms with Gasteiger partial charge in [0.25, 0.3) is 0 Å². The molecule has 0 radical (unpaired) electrons. The number of nitrogens with two attached hydrogens (primary N) is 2. The van der Waals surface area contributed by atoms with Crippen molar-refractivity contribution in [2.24, 2.45) is 11.5 Å². The first kappa shape index (κ1) is 48.5. The molecule has 0 aliphatic heterocycles. The van der Waals surface area contributed by atoms with Crippen LogP contribution in [0.3, 0.4) is 0 Å². The molecule has 0 aromatic heterocycles. The SMILES string of the molecule is CCCCCCCCCCCC(=O)N(C(=O)CCCCCCCCCCC)N(N[C@@H](CCCCN)C(=O)O)[C@@H](CCC(N)=O)C(=O)O.[H-].[Na+]. The standard InChI is InChI=1S/C35H67N5O7.Na.H/c1-3-5-7-9-11-13-15-17-19-24-32(42)39(33(43)25-20-18-16-14-12-10-8-6-4-2)40(30(35(46)47)26-27-31(37)41)38-29(34(44)45)23-21-22-28-36;;/h29-30,38H,3-28,36H2,1-2H3,(H2,37,41)(H,44,45)(H,46,47);;/q;+1;-1/t29-,30-;;/m0../s1. The molecule has 0 aliphatic carbocycles. The summed E-state index contributed by atoms with van der Waals surface area (Å²) in [6.07, 6.45) is 19.0. The summed E-state index contributed by atoms with van der Waals surface area (Å²) >= 11 is 0. The summed E-state index contributed by atoms with van der Waals surface area (Å²) in [6, 6.07) is -2.88. The molecule has 0 heterocycles. The zero-order valence-electron chi connectivity index (χ0n) is 31.5. The number of carbonyl (C=O) groups is 5. The first-order valence-corrected chi connectivity index (χ1v) is 18.5. The normalized spacial score (nSPS) is 12.3. The first-order valence-electron chi connectivity index (χ1n) is 18.5. The Morgan fingerprint density at radius 1 is 0.604 bits per heavy atom. The van der Waals surface area contributed by atoms with Crippen LogP contribution in [-0.4, -0.2) is 68.6 Å². The number of primary amides is 1. The fourth-order valence-corrected chi connectivity index (χ4v) is 5.58. The molecule has 0 bridgehead atoms. The van der Waals surface area contributed by atoms with Crippen molar-refractivity contribution in [3.63, 3.8) is 0 Å². The molecule has 0 aliphatic rings. The number of nitrogens with zero attached hydrogens (tertiary/aromatic N) is 2. The Kier molecular flexibility index (Phi) is 33.0. The molecule has 0 saturated carbocycles. The molecular weight excluding hydrogens is 625 g/mol. The summed E-state index contributed by atoms with van der Waals surface area (Å²) in [5, 5.41) is 21.8. The summed E-state index contributed by atoms with van der Waals surface area (Å²) in [4.78, 5) is 63.9. The number of rotatable bonds is 33. The van der Waals surface area contributed by atoms with Crippen LogP contribution in [0, 0.1) is 0 Å². The van der Waals surface area contributed by atoms with E-state index in [4.69, 9.17) is 11.5 Å². The van der Waals surface area contributed by atoms with Crippen molar-refractivity contribution in [2.75, 3.05) is 6.54 Å².